The molecule has 1 aliphatic rings. The highest BCUT2D eigenvalue weighted by molar-refractivity contribution is 7.91. The molecule has 6 nitrogen and oxygen atoms in total. The van der Waals surface area contributed by atoms with E-state index in [0.717, 1.165) is 0 Å². The van der Waals surface area contributed by atoms with E-state index in [1.807, 2.05) is 0 Å². The van der Waals surface area contributed by atoms with E-state index in [1.165, 1.54) is 0 Å². The van der Waals surface area contributed by atoms with Crippen LogP contribution in [0.15, 0.2) is 0 Å². The van der Waals surface area contributed by atoms with Gasteiger partial charge in [0.05, 0.1) is 11.5 Å². The molecule has 2 amide bonds. The smallest absolute Gasteiger partial charge is 0.309 e. The van der Waals surface area contributed by atoms with Gasteiger partial charge in [-0.2, -0.15) is 0 Å². The van der Waals surface area contributed by atoms with Crippen LogP contribution in [0, 0.1) is 0 Å². The highest BCUT2D eigenvalue weighted by atomic mass is 35.5. The summed E-state index contributed by atoms with van der Waals surface area (Å²) in [7, 11) is -3.05. The summed E-state index contributed by atoms with van der Waals surface area (Å²) in [5.41, 5.74) is 0. The number of carbonyl (C=O) groups excluding carboxylic acids is 2. The molecule has 0 aromatic carbocycles. The first-order valence-electron chi connectivity index (χ1n) is 4.79. The molecule has 0 bridgehead atoms. The van der Waals surface area contributed by atoms with Gasteiger partial charge in [-0.05, 0) is 6.42 Å². The van der Waals surface area contributed by atoms with Crippen molar-refractivity contribution in [1.82, 2.24) is 10.6 Å². The molecule has 92 valence electrons. The maximum atomic E-state index is 11.3. The van der Waals surface area contributed by atoms with E-state index in [4.69, 9.17) is 11.6 Å². The Kier molecular flexibility index (Phi) is 4.55. The van der Waals surface area contributed by atoms with Gasteiger partial charge in [0.1, 0.15) is 0 Å². The summed E-state index contributed by atoms with van der Waals surface area (Å²) in [6.07, 6.45) is 0.358. The summed E-state index contributed by atoms with van der Waals surface area (Å²) < 4.78 is 22.2. The Morgan fingerprint density at radius 1 is 1.31 bits per heavy atom. The molecule has 0 saturated carbocycles. The minimum absolute atomic E-state index is 0.0568. The normalized spacial score (nSPS) is 22.7. The Labute approximate surface area is 98.6 Å². The number of amides is 2. The van der Waals surface area contributed by atoms with E-state index in [0.29, 0.717) is 6.42 Å². The Morgan fingerprint density at radius 2 is 2.00 bits per heavy atom. The zero-order valence-electron chi connectivity index (χ0n) is 8.53. The first-order valence-corrected chi connectivity index (χ1v) is 7.15. The topological polar surface area (TPSA) is 92.3 Å². The fourth-order valence-corrected chi connectivity index (χ4v) is 3.17. The van der Waals surface area contributed by atoms with Crippen molar-refractivity contribution >= 4 is 33.3 Å². The molecule has 0 radical (unpaired) electrons. The number of hydrogen-bond acceptors (Lipinski definition) is 4. The van der Waals surface area contributed by atoms with Crippen LogP contribution in [0.5, 0.6) is 0 Å². The van der Waals surface area contributed by atoms with E-state index < -0.39 is 27.7 Å². The average molecular weight is 269 g/mol. The minimum atomic E-state index is -3.05. The Bertz CT molecular complexity index is 381. The second-order valence-electron chi connectivity index (χ2n) is 3.52. The Balaban J connectivity index is 2.38. The van der Waals surface area contributed by atoms with Gasteiger partial charge in [-0.15, -0.1) is 11.6 Å². The molecule has 8 heteroatoms. The van der Waals surface area contributed by atoms with Crippen LogP contribution < -0.4 is 10.6 Å². The number of hydrogen-bond donors (Lipinski definition) is 2. The monoisotopic (exact) mass is 268 g/mol. The van der Waals surface area contributed by atoms with Crippen LogP contribution in [0.3, 0.4) is 0 Å². The predicted molar refractivity (Wildman–Crippen MR) is 58.9 cm³/mol. The van der Waals surface area contributed by atoms with Gasteiger partial charge in [0.25, 0.3) is 0 Å². The maximum absolute atomic E-state index is 11.3. The zero-order chi connectivity index (χ0) is 12.2. The average Bonchev–Trinajstić information content (AvgIpc) is 2.54. The van der Waals surface area contributed by atoms with Crippen molar-refractivity contribution in [2.75, 3.05) is 23.9 Å². The molecule has 1 heterocycles. The molecule has 0 aromatic rings. The molecule has 1 fully saturated rings. The van der Waals surface area contributed by atoms with Crippen LogP contribution in [-0.4, -0.2) is 50.2 Å². The second-order valence-corrected chi connectivity index (χ2v) is 6.12. The van der Waals surface area contributed by atoms with Gasteiger partial charge in [-0.3, -0.25) is 9.59 Å². The SMILES string of the molecule is O=C(NCCCl)C(=O)NC1CCS(=O)(=O)C1. The van der Waals surface area contributed by atoms with Crippen molar-refractivity contribution < 1.29 is 18.0 Å². The molecule has 2 N–H and O–H groups in total. The number of halogens is 1. The lowest BCUT2D eigenvalue weighted by Gasteiger charge is -2.09. The van der Waals surface area contributed by atoms with E-state index in [1.54, 1.807) is 0 Å². The Hall–Kier alpha value is -0.820. The summed E-state index contributed by atoms with van der Waals surface area (Å²) in [4.78, 5) is 22.4. The lowest BCUT2D eigenvalue weighted by Crippen LogP contribution is -2.45. The molecule has 0 spiro atoms. The number of rotatable bonds is 3. The van der Waals surface area contributed by atoms with Crippen LogP contribution in [0.1, 0.15) is 6.42 Å². The van der Waals surface area contributed by atoms with Crippen LogP contribution in [0.2, 0.25) is 0 Å². The maximum Gasteiger partial charge on any atom is 0.309 e. The van der Waals surface area contributed by atoms with E-state index >= 15 is 0 Å². The van der Waals surface area contributed by atoms with Crippen LogP contribution in [0.4, 0.5) is 0 Å². The first-order chi connectivity index (χ1) is 7.44. The summed E-state index contributed by atoms with van der Waals surface area (Å²) in [5.74, 6) is -1.42. The molecule has 0 aliphatic carbocycles. The second kappa shape index (κ2) is 5.49. The van der Waals surface area contributed by atoms with Crippen molar-refractivity contribution in [1.29, 1.82) is 0 Å². The molecular formula is C8H13ClN2O4S. The van der Waals surface area contributed by atoms with Crippen molar-refractivity contribution in [3.05, 3.63) is 0 Å². The Morgan fingerprint density at radius 3 is 2.50 bits per heavy atom. The molecule has 16 heavy (non-hydrogen) atoms. The van der Waals surface area contributed by atoms with Crippen molar-refractivity contribution in [2.24, 2.45) is 0 Å². The first kappa shape index (κ1) is 13.2. The number of carbonyl (C=O) groups is 2. The van der Waals surface area contributed by atoms with E-state index in [9.17, 15) is 18.0 Å². The lowest BCUT2D eigenvalue weighted by molar-refractivity contribution is -0.139. The summed E-state index contributed by atoms with van der Waals surface area (Å²) in [6.45, 7) is 0.205. The summed E-state index contributed by atoms with van der Waals surface area (Å²) in [5, 5.41) is 4.66. The minimum Gasteiger partial charge on any atom is -0.347 e. The predicted octanol–water partition coefficient (Wildman–Crippen LogP) is -1.36. The molecule has 1 unspecified atom stereocenters. The molecular weight excluding hydrogens is 256 g/mol. The number of nitrogens with one attached hydrogen (secondary N) is 2. The zero-order valence-corrected chi connectivity index (χ0v) is 10.1. The van der Waals surface area contributed by atoms with Gasteiger partial charge in [0.15, 0.2) is 9.84 Å². The molecule has 1 saturated heterocycles. The van der Waals surface area contributed by atoms with Gasteiger partial charge < -0.3 is 10.6 Å². The highest BCUT2D eigenvalue weighted by Crippen LogP contribution is 2.10. The quantitative estimate of drug-likeness (QED) is 0.489. The molecule has 1 aliphatic heterocycles. The van der Waals surface area contributed by atoms with Gasteiger partial charge in [0.2, 0.25) is 0 Å². The van der Waals surface area contributed by atoms with Gasteiger partial charge >= 0.3 is 11.8 Å². The highest BCUT2D eigenvalue weighted by Gasteiger charge is 2.30. The fraction of sp³-hybridized carbons (Fsp3) is 0.750. The van der Waals surface area contributed by atoms with Gasteiger partial charge in [0, 0.05) is 18.5 Å². The largest absolute Gasteiger partial charge is 0.347 e. The lowest BCUT2D eigenvalue weighted by atomic mass is 10.2. The van der Waals surface area contributed by atoms with Gasteiger partial charge in [-0.1, -0.05) is 0 Å². The molecule has 1 atom stereocenters. The number of alkyl halides is 1. The van der Waals surface area contributed by atoms with E-state index in [-0.39, 0.29) is 23.9 Å². The fourth-order valence-electron chi connectivity index (χ4n) is 1.40. The van der Waals surface area contributed by atoms with Crippen LogP contribution in [-0.2, 0) is 19.4 Å². The van der Waals surface area contributed by atoms with Crippen molar-refractivity contribution in [3.8, 4) is 0 Å². The molecule has 0 aromatic heterocycles. The van der Waals surface area contributed by atoms with Crippen LogP contribution >= 0.6 is 11.6 Å². The summed E-state index contributed by atoms with van der Waals surface area (Å²) >= 11 is 5.33. The summed E-state index contributed by atoms with van der Waals surface area (Å²) in [6, 6.07) is -0.459. The van der Waals surface area contributed by atoms with Gasteiger partial charge in [-0.25, -0.2) is 8.42 Å². The van der Waals surface area contributed by atoms with Crippen molar-refractivity contribution in [3.63, 3.8) is 0 Å². The standard InChI is InChI=1S/C8H13ClN2O4S/c9-2-3-10-7(12)8(13)11-6-1-4-16(14,15)5-6/h6H,1-5H2,(H,10,12)(H,11,13). The third-order valence-electron chi connectivity index (χ3n) is 2.15. The van der Waals surface area contributed by atoms with Crippen molar-refractivity contribution in [2.45, 2.75) is 12.5 Å². The third kappa shape index (κ3) is 3.97. The molecule has 1 rings (SSSR count). The number of sulfone groups is 1. The third-order valence-corrected chi connectivity index (χ3v) is 4.11. The van der Waals surface area contributed by atoms with E-state index in [2.05, 4.69) is 10.6 Å². The van der Waals surface area contributed by atoms with Crippen LogP contribution in [0.25, 0.3) is 0 Å².